The van der Waals surface area contributed by atoms with Gasteiger partial charge in [0, 0.05) is 24.5 Å². The molecular formula is C13H17N5O2S. The molecule has 1 saturated carbocycles. The summed E-state index contributed by atoms with van der Waals surface area (Å²) < 4.78 is 1.57. The lowest BCUT2D eigenvalue weighted by Gasteiger charge is -2.29. The van der Waals surface area contributed by atoms with E-state index in [0.717, 1.165) is 25.9 Å². The van der Waals surface area contributed by atoms with Crippen LogP contribution in [-0.2, 0) is 0 Å². The summed E-state index contributed by atoms with van der Waals surface area (Å²) in [5, 5.41) is 13.2. The molecule has 1 aliphatic carbocycles. The number of fused-ring (bicyclic) bond motifs is 2. The molecule has 112 valence electrons. The first kappa shape index (κ1) is 13.0. The Balaban J connectivity index is 1.72. The van der Waals surface area contributed by atoms with Crippen molar-refractivity contribution in [3.8, 4) is 0 Å². The summed E-state index contributed by atoms with van der Waals surface area (Å²) in [5.74, 6) is 1.58. The summed E-state index contributed by atoms with van der Waals surface area (Å²) >= 11 is 1.42. The van der Waals surface area contributed by atoms with Crippen LogP contribution in [0.3, 0.4) is 0 Å². The van der Waals surface area contributed by atoms with Gasteiger partial charge in [0.05, 0.1) is 0 Å². The van der Waals surface area contributed by atoms with Crippen molar-refractivity contribution in [1.82, 2.24) is 9.38 Å². The smallest absolute Gasteiger partial charge is 0.358 e. The highest BCUT2D eigenvalue weighted by Gasteiger charge is 2.41. The minimum Gasteiger partial charge on any atom is -0.358 e. The van der Waals surface area contributed by atoms with Gasteiger partial charge in [-0.3, -0.25) is 0 Å². The average molecular weight is 307 g/mol. The largest absolute Gasteiger partial charge is 0.373 e. The quantitative estimate of drug-likeness (QED) is 0.675. The van der Waals surface area contributed by atoms with E-state index in [0.29, 0.717) is 22.6 Å². The van der Waals surface area contributed by atoms with Crippen molar-refractivity contribution in [3.05, 3.63) is 21.7 Å². The maximum absolute atomic E-state index is 11.4. The Morgan fingerprint density at radius 3 is 3.05 bits per heavy atom. The maximum atomic E-state index is 11.4. The van der Waals surface area contributed by atoms with Crippen LogP contribution in [0.2, 0.25) is 0 Å². The molecule has 2 fully saturated rings. The highest BCUT2D eigenvalue weighted by Crippen LogP contribution is 2.40. The molecule has 0 bridgehead atoms. The van der Waals surface area contributed by atoms with Gasteiger partial charge in [-0.05, 0) is 29.6 Å². The average Bonchev–Trinajstić information content (AvgIpc) is 3.10. The normalized spacial score (nSPS) is 29.0. The highest BCUT2D eigenvalue weighted by molar-refractivity contribution is 7.15. The van der Waals surface area contributed by atoms with E-state index in [1.807, 2.05) is 5.38 Å². The second kappa shape index (κ2) is 4.67. The van der Waals surface area contributed by atoms with E-state index in [2.05, 4.69) is 9.88 Å². The summed E-state index contributed by atoms with van der Waals surface area (Å²) in [6.07, 6.45) is 5.11. The number of hydrogen-bond acceptors (Lipinski definition) is 6. The standard InChI is InChI=1S/C13H17N5O2S/c14-10-3-1-2-8-6-16(7-9(8)10)11-12(18(19)20)17-4-5-21-13(17)15-11/h4-5,8-10H,1-3,6-7,14H2. The van der Waals surface area contributed by atoms with Gasteiger partial charge in [0.2, 0.25) is 5.82 Å². The first-order chi connectivity index (χ1) is 10.1. The van der Waals surface area contributed by atoms with Crippen LogP contribution in [0.5, 0.6) is 0 Å². The zero-order chi connectivity index (χ0) is 14.6. The van der Waals surface area contributed by atoms with E-state index in [9.17, 15) is 10.1 Å². The Hall–Kier alpha value is -1.67. The van der Waals surface area contributed by atoms with E-state index in [1.165, 1.54) is 17.8 Å². The molecule has 0 radical (unpaired) electrons. The van der Waals surface area contributed by atoms with E-state index >= 15 is 0 Å². The zero-order valence-corrected chi connectivity index (χ0v) is 12.3. The monoisotopic (exact) mass is 307 g/mol. The number of aromatic nitrogens is 2. The molecule has 8 heteroatoms. The molecule has 0 aromatic carbocycles. The molecule has 2 aromatic rings. The van der Waals surface area contributed by atoms with Gasteiger partial charge < -0.3 is 20.7 Å². The number of hydrogen-bond donors (Lipinski definition) is 1. The molecular weight excluding hydrogens is 290 g/mol. The Bertz CT molecular complexity index is 696. The summed E-state index contributed by atoms with van der Waals surface area (Å²) in [4.78, 5) is 18.3. The van der Waals surface area contributed by atoms with E-state index in [1.54, 1.807) is 10.6 Å². The number of imidazole rings is 1. The lowest BCUT2D eigenvalue weighted by atomic mass is 9.78. The van der Waals surface area contributed by atoms with Crippen LogP contribution in [0, 0.1) is 22.0 Å². The third-order valence-corrected chi connectivity index (χ3v) is 5.60. The summed E-state index contributed by atoms with van der Waals surface area (Å²) in [7, 11) is 0. The van der Waals surface area contributed by atoms with Gasteiger partial charge in [0.1, 0.15) is 6.20 Å². The fourth-order valence-electron chi connectivity index (χ4n) is 3.83. The molecule has 7 nitrogen and oxygen atoms in total. The molecule has 0 amide bonds. The topological polar surface area (TPSA) is 89.7 Å². The summed E-state index contributed by atoms with van der Waals surface area (Å²) in [6, 6.07) is 0.219. The number of nitrogens with zero attached hydrogens (tertiary/aromatic N) is 4. The minimum atomic E-state index is -0.329. The summed E-state index contributed by atoms with van der Waals surface area (Å²) in [5.41, 5.74) is 6.23. The van der Waals surface area contributed by atoms with Crippen molar-refractivity contribution in [1.29, 1.82) is 0 Å². The van der Waals surface area contributed by atoms with Gasteiger partial charge in [-0.25, -0.2) is 0 Å². The SMILES string of the molecule is NC1CCCC2CN(c3nc4sccn4c3[N+](=O)[O-])CC12. The Labute approximate surface area is 125 Å². The molecule has 2 aliphatic rings. The first-order valence-corrected chi connectivity index (χ1v) is 8.13. The Kier molecular flexibility index (Phi) is 2.90. The van der Waals surface area contributed by atoms with Crippen molar-refractivity contribution >= 4 is 27.9 Å². The lowest BCUT2D eigenvalue weighted by Crippen LogP contribution is -2.38. The second-order valence-corrected chi connectivity index (χ2v) is 6.87. The maximum Gasteiger partial charge on any atom is 0.373 e. The van der Waals surface area contributed by atoms with Crippen LogP contribution in [0.15, 0.2) is 11.6 Å². The van der Waals surface area contributed by atoms with Gasteiger partial charge in [-0.2, -0.15) is 9.38 Å². The van der Waals surface area contributed by atoms with Crippen LogP contribution in [0.4, 0.5) is 11.6 Å². The fraction of sp³-hybridized carbons (Fsp3) is 0.615. The molecule has 2 N–H and O–H groups in total. The van der Waals surface area contributed by atoms with Crippen molar-refractivity contribution in [2.24, 2.45) is 17.6 Å². The number of rotatable bonds is 2. The third kappa shape index (κ3) is 1.93. The Morgan fingerprint density at radius 1 is 1.43 bits per heavy atom. The minimum absolute atomic E-state index is 0.0819. The van der Waals surface area contributed by atoms with Crippen molar-refractivity contribution in [2.45, 2.75) is 25.3 Å². The molecule has 4 rings (SSSR count). The van der Waals surface area contributed by atoms with Gasteiger partial charge in [-0.15, -0.1) is 0 Å². The van der Waals surface area contributed by atoms with Crippen molar-refractivity contribution in [2.75, 3.05) is 18.0 Å². The first-order valence-electron chi connectivity index (χ1n) is 7.25. The number of nitro groups is 1. The van der Waals surface area contributed by atoms with Crippen LogP contribution < -0.4 is 10.6 Å². The van der Waals surface area contributed by atoms with Crippen LogP contribution >= 0.6 is 11.3 Å². The van der Waals surface area contributed by atoms with Gasteiger partial charge >= 0.3 is 5.82 Å². The number of nitrogens with two attached hydrogens (primary N) is 1. The van der Waals surface area contributed by atoms with E-state index in [4.69, 9.17) is 5.73 Å². The van der Waals surface area contributed by atoms with Crippen LogP contribution in [-0.4, -0.2) is 33.4 Å². The van der Waals surface area contributed by atoms with Crippen molar-refractivity contribution < 1.29 is 4.92 Å². The highest BCUT2D eigenvalue weighted by atomic mass is 32.1. The molecule has 21 heavy (non-hydrogen) atoms. The van der Waals surface area contributed by atoms with Gasteiger partial charge in [-0.1, -0.05) is 17.8 Å². The molecule has 2 aromatic heterocycles. The molecule has 3 heterocycles. The lowest BCUT2D eigenvalue weighted by molar-refractivity contribution is -0.389. The van der Waals surface area contributed by atoms with E-state index in [-0.39, 0.29) is 16.8 Å². The molecule has 3 atom stereocenters. The van der Waals surface area contributed by atoms with Crippen LogP contribution in [0.25, 0.3) is 4.96 Å². The third-order valence-electron chi connectivity index (χ3n) is 4.85. The summed E-state index contributed by atoms with van der Waals surface area (Å²) in [6.45, 7) is 1.63. The predicted molar refractivity (Wildman–Crippen MR) is 80.7 cm³/mol. The predicted octanol–water partition coefficient (Wildman–Crippen LogP) is 1.87. The second-order valence-electron chi connectivity index (χ2n) is 6.00. The van der Waals surface area contributed by atoms with Crippen LogP contribution in [0.1, 0.15) is 19.3 Å². The van der Waals surface area contributed by atoms with E-state index < -0.39 is 0 Å². The van der Waals surface area contributed by atoms with Crippen molar-refractivity contribution in [3.63, 3.8) is 0 Å². The number of anilines is 1. The molecule has 0 spiro atoms. The zero-order valence-electron chi connectivity index (χ0n) is 11.5. The van der Waals surface area contributed by atoms with Gasteiger partial charge in [0.25, 0.3) is 4.96 Å². The molecule has 1 aliphatic heterocycles. The molecule has 3 unspecified atom stereocenters. The molecule has 1 saturated heterocycles. The fourth-order valence-corrected chi connectivity index (χ4v) is 4.54. The van der Waals surface area contributed by atoms with Gasteiger partial charge in [0.15, 0.2) is 0 Å². The number of thiazole rings is 1. The Morgan fingerprint density at radius 2 is 2.29 bits per heavy atom.